The fraction of sp³-hybridized carbons (Fsp3) is 0.714. The van der Waals surface area contributed by atoms with Gasteiger partial charge in [0.1, 0.15) is 18.1 Å². The molecule has 0 spiro atoms. The molecule has 4 heteroatoms. The first-order valence-electron chi connectivity index (χ1n) is 6.50. The maximum Gasteiger partial charge on any atom is 0.129 e. The van der Waals surface area contributed by atoms with Crippen molar-refractivity contribution in [3.05, 3.63) is 23.7 Å². The summed E-state index contributed by atoms with van der Waals surface area (Å²) < 4.78 is 16.3. The minimum absolute atomic E-state index is 0.0858. The average molecular weight is 255 g/mol. The molecule has 1 aromatic heterocycles. The van der Waals surface area contributed by atoms with Gasteiger partial charge in [0, 0.05) is 7.11 Å². The number of furan rings is 1. The van der Waals surface area contributed by atoms with Gasteiger partial charge in [0.2, 0.25) is 0 Å². The summed E-state index contributed by atoms with van der Waals surface area (Å²) in [5.74, 6) is 2.46. The first-order chi connectivity index (χ1) is 8.61. The van der Waals surface area contributed by atoms with Crippen LogP contribution in [-0.4, -0.2) is 26.4 Å². The Morgan fingerprint density at radius 3 is 2.61 bits per heavy atom. The Kier molecular flexibility index (Phi) is 7.01. The van der Waals surface area contributed by atoms with Crippen molar-refractivity contribution >= 4 is 0 Å². The summed E-state index contributed by atoms with van der Waals surface area (Å²) in [6, 6.07) is 3.96. The van der Waals surface area contributed by atoms with Crippen molar-refractivity contribution in [2.24, 2.45) is 5.92 Å². The molecule has 18 heavy (non-hydrogen) atoms. The van der Waals surface area contributed by atoms with Crippen LogP contribution in [0.3, 0.4) is 0 Å². The van der Waals surface area contributed by atoms with Crippen LogP contribution in [0.2, 0.25) is 0 Å². The van der Waals surface area contributed by atoms with Gasteiger partial charge in [-0.25, -0.2) is 0 Å². The predicted molar refractivity (Wildman–Crippen MR) is 71.4 cm³/mol. The molecule has 0 saturated carbocycles. The molecule has 1 atom stereocenters. The second-order valence-electron chi connectivity index (χ2n) is 4.97. The second-order valence-corrected chi connectivity index (χ2v) is 4.97. The highest BCUT2D eigenvalue weighted by molar-refractivity contribution is 5.06. The molecule has 1 aromatic rings. The van der Waals surface area contributed by atoms with E-state index in [0.29, 0.717) is 19.1 Å². The SMILES string of the molecule is COCC(C)OCc1ccc(CNCC(C)C)o1. The normalized spacial score (nSPS) is 13.2. The Hall–Kier alpha value is -0.840. The lowest BCUT2D eigenvalue weighted by molar-refractivity contribution is -0.00665. The van der Waals surface area contributed by atoms with Crippen LogP contribution in [0.25, 0.3) is 0 Å². The summed E-state index contributed by atoms with van der Waals surface area (Å²) in [4.78, 5) is 0. The summed E-state index contributed by atoms with van der Waals surface area (Å²) in [5, 5.41) is 3.35. The molecule has 0 aliphatic rings. The second kappa shape index (κ2) is 8.29. The van der Waals surface area contributed by atoms with E-state index in [1.165, 1.54) is 0 Å². The van der Waals surface area contributed by atoms with Gasteiger partial charge >= 0.3 is 0 Å². The molecule has 0 fully saturated rings. The number of rotatable bonds is 9. The van der Waals surface area contributed by atoms with Crippen LogP contribution < -0.4 is 5.32 Å². The van der Waals surface area contributed by atoms with E-state index in [-0.39, 0.29) is 6.10 Å². The first kappa shape index (κ1) is 15.2. The molecule has 4 nitrogen and oxygen atoms in total. The van der Waals surface area contributed by atoms with E-state index in [1.807, 2.05) is 19.1 Å². The zero-order chi connectivity index (χ0) is 13.4. The van der Waals surface area contributed by atoms with Gasteiger partial charge in [-0.2, -0.15) is 0 Å². The van der Waals surface area contributed by atoms with Crippen molar-refractivity contribution in [1.82, 2.24) is 5.32 Å². The van der Waals surface area contributed by atoms with Gasteiger partial charge in [-0.05, 0) is 31.5 Å². The van der Waals surface area contributed by atoms with E-state index in [2.05, 4.69) is 19.2 Å². The lowest BCUT2D eigenvalue weighted by Crippen LogP contribution is -2.18. The summed E-state index contributed by atoms with van der Waals surface area (Å²) >= 11 is 0. The highest BCUT2D eigenvalue weighted by atomic mass is 16.5. The number of hydrogen-bond donors (Lipinski definition) is 1. The molecule has 0 bridgehead atoms. The molecule has 0 aliphatic carbocycles. The Labute approximate surface area is 110 Å². The smallest absolute Gasteiger partial charge is 0.129 e. The summed E-state index contributed by atoms with van der Waals surface area (Å²) in [5.41, 5.74) is 0. The van der Waals surface area contributed by atoms with E-state index in [0.717, 1.165) is 24.6 Å². The van der Waals surface area contributed by atoms with Crippen LogP contribution in [0.4, 0.5) is 0 Å². The fourth-order valence-corrected chi connectivity index (χ4v) is 1.59. The molecule has 104 valence electrons. The molecular formula is C14H25NO3. The topological polar surface area (TPSA) is 43.6 Å². The molecule has 1 heterocycles. The lowest BCUT2D eigenvalue weighted by atomic mass is 10.2. The molecular weight excluding hydrogens is 230 g/mol. The van der Waals surface area contributed by atoms with Crippen molar-refractivity contribution in [3.63, 3.8) is 0 Å². The van der Waals surface area contributed by atoms with Gasteiger partial charge in [-0.15, -0.1) is 0 Å². The van der Waals surface area contributed by atoms with Gasteiger partial charge in [0.15, 0.2) is 0 Å². The average Bonchev–Trinajstić information content (AvgIpc) is 2.74. The van der Waals surface area contributed by atoms with Crippen LogP contribution in [0.5, 0.6) is 0 Å². The Balaban J connectivity index is 2.25. The third-order valence-electron chi connectivity index (χ3n) is 2.48. The van der Waals surface area contributed by atoms with Crippen molar-refractivity contribution in [1.29, 1.82) is 0 Å². The molecule has 0 aliphatic heterocycles. The van der Waals surface area contributed by atoms with E-state index in [1.54, 1.807) is 7.11 Å². The van der Waals surface area contributed by atoms with Gasteiger partial charge in [-0.1, -0.05) is 13.8 Å². The number of hydrogen-bond acceptors (Lipinski definition) is 4. The van der Waals surface area contributed by atoms with Crippen LogP contribution in [-0.2, 0) is 22.6 Å². The molecule has 1 rings (SSSR count). The Bertz CT molecular complexity index is 323. The largest absolute Gasteiger partial charge is 0.462 e. The van der Waals surface area contributed by atoms with Gasteiger partial charge in [0.25, 0.3) is 0 Å². The number of nitrogens with one attached hydrogen (secondary N) is 1. The van der Waals surface area contributed by atoms with E-state index in [4.69, 9.17) is 13.9 Å². The number of methoxy groups -OCH3 is 1. The third kappa shape index (κ3) is 6.19. The van der Waals surface area contributed by atoms with E-state index in [9.17, 15) is 0 Å². The van der Waals surface area contributed by atoms with Crippen LogP contribution in [0.15, 0.2) is 16.5 Å². The quantitative estimate of drug-likeness (QED) is 0.736. The van der Waals surface area contributed by atoms with E-state index < -0.39 is 0 Å². The Morgan fingerprint density at radius 2 is 1.94 bits per heavy atom. The predicted octanol–water partition coefficient (Wildman–Crippen LogP) is 2.58. The minimum Gasteiger partial charge on any atom is -0.462 e. The van der Waals surface area contributed by atoms with Crippen molar-refractivity contribution in [3.8, 4) is 0 Å². The third-order valence-corrected chi connectivity index (χ3v) is 2.48. The van der Waals surface area contributed by atoms with Crippen molar-refractivity contribution in [2.45, 2.75) is 40.0 Å². The maximum atomic E-state index is 5.67. The monoisotopic (exact) mass is 255 g/mol. The van der Waals surface area contributed by atoms with Crippen LogP contribution >= 0.6 is 0 Å². The van der Waals surface area contributed by atoms with Crippen molar-refractivity contribution in [2.75, 3.05) is 20.3 Å². The van der Waals surface area contributed by atoms with Crippen LogP contribution in [0.1, 0.15) is 32.3 Å². The number of ether oxygens (including phenoxy) is 2. The maximum absolute atomic E-state index is 5.67. The highest BCUT2D eigenvalue weighted by Crippen LogP contribution is 2.10. The summed E-state index contributed by atoms with van der Waals surface area (Å²) in [7, 11) is 1.67. The molecule has 0 saturated heterocycles. The zero-order valence-corrected chi connectivity index (χ0v) is 11.9. The molecule has 0 radical (unpaired) electrons. The summed E-state index contributed by atoms with van der Waals surface area (Å²) in [6.07, 6.45) is 0.0858. The standard InChI is InChI=1S/C14H25NO3/c1-11(2)7-15-8-13-5-6-14(18-13)10-17-12(3)9-16-4/h5-6,11-12,15H,7-10H2,1-4H3. The highest BCUT2D eigenvalue weighted by Gasteiger charge is 2.06. The van der Waals surface area contributed by atoms with Gasteiger partial charge in [0.05, 0.1) is 19.3 Å². The molecule has 1 N–H and O–H groups in total. The van der Waals surface area contributed by atoms with Crippen molar-refractivity contribution < 1.29 is 13.9 Å². The first-order valence-corrected chi connectivity index (χ1v) is 6.50. The Morgan fingerprint density at radius 1 is 1.22 bits per heavy atom. The lowest BCUT2D eigenvalue weighted by Gasteiger charge is -2.10. The van der Waals surface area contributed by atoms with Crippen LogP contribution in [0, 0.1) is 5.92 Å². The van der Waals surface area contributed by atoms with E-state index >= 15 is 0 Å². The summed E-state index contributed by atoms with van der Waals surface area (Å²) in [6.45, 7) is 9.22. The zero-order valence-electron chi connectivity index (χ0n) is 11.9. The van der Waals surface area contributed by atoms with Gasteiger partial charge < -0.3 is 19.2 Å². The molecule has 1 unspecified atom stereocenters. The molecule has 0 aromatic carbocycles. The minimum atomic E-state index is 0.0858. The fourth-order valence-electron chi connectivity index (χ4n) is 1.59. The van der Waals surface area contributed by atoms with Gasteiger partial charge in [-0.3, -0.25) is 0 Å². The molecule has 0 amide bonds.